The standard InChI is InChI=1S/C13H16Cl2N2O3.ClH/c1-3-20-12(19)13(2,17-11(18)7-16)8-4-9(14)6-10(15)5-8;/h4-6H,3,7,16H2,1-2H3,(H,17,18);1H. The maximum absolute atomic E-state index is 12.2. The van der Waals surface area contributed by atoms with E-state index in [1.807, 2.05) is 0 Å². The normalized spacial score (nSPS) is 12.8. The number of amides is 1. The van der Waals surface area contributed by atoms with Crippen molar-refractivity contribution in [2.45, 2.75) is 19.4 Å². The van der Waals surface area contributed by atoms with Crippen molar-refractivity contribution in [1.29, 1.82) is 0 Å². The lowest BCUT2D eigenvalue weighted by atomic mass is 9.91. The van der Waals surface area contributed by atoms with Crippen molar-refractivity contribution in [3.8, 4) is 0 Å². The van der Waals surface area contributed by atoms with Crippen molar-refractivity contribution in [3.63, 3.8) is 0 Å². The molecule has 0 heterocycles. The van der Waals surface area contributed by atoms with E-state index in [-0.39, 0.29) is 25.6 Å². The highest BCUT2D eigenvalue weighted by Gasteiger charge is 2.38. The first-order valence-electron chi connectivity index (χ1n) is 5.98. The second-order valence-electron chi connectivity index (χ2n) is 4.26. The van der Waals surface area contributed by atoms with Crippen molar-refractivity contribution >= 4 is 47.5 Å². The highest BCUT2D eigenvalue weighted by Crippen LogP contribution is 2.28. The van der Waals surface area contributed by atoms with E-state index in [1.165, 1.54) is 13.0 Å². The van der Waals surface area contributed by atoms with E-state index >= 15 is 0 Å². The topological polar surface area (TPSA) is 81.4 Å². The first-order chi connectivity index (χ1) is 9.33. The second kappa shape index (κ2) is 8.44. The van der Waals surface area contributed by atoms with E-state index in [9.17, 15) is 9.59 Å². The summed E-state index contributed by atoms with van der Waals surface area (Å²) in [6.07, 6.45) is 0. The van der Waals surface area contributed by atoms with E-state index in [0.29, 0.717) is 15.6 Å². The fourth-order valence-electron chi connectivity index (χ4n) is 1.69. The van der Waals surface area contributed by atoms with Gasteiger partial charge < -0.3 is 15.8 Å². The van der Waals surface area contributed by atoms with Gasteiger partial charge in [-0.2, -0.15) is 0 Å². The van der Waals surface area contributed by atoms with Gasteiger partial charge in [0.05, 0.1) is 13.2 Å². The van der Waals surface area contributed by atoms with Gasteiger partial charge in [0.25, 0.3) is 0 Å². The molecule has 0 aliphatic carbocycles. The zero-order valence-electron chi connectivity index (χ0n) is 11.6. The van der Waals surface area contributed by atoms with Gasteiger partial charge in [-0.15, -0.1) is 12.4 Å². The van der Waals surface area contributed by atoms with Crippen LogP contribution in [0.2, 0.25) is 10.0 Å². The lowest BCUT2D eigenvalue weighted by Gasteiger charge is -2.29. The number of carbonyl (C=O) groups is 2. The highest BCUT2D eigenvalue weighted by molar-refractivity contribution is 6.34. The van der Waals surface area contributed by atoms with Gasteiger partial charge in [0.2, 0.25) is 5.91 Å². The zero-order valence-corrected chi connectivity index (χ0v) is 13.9. The van der Waals surface area contributed by atoms with Gasteiger partial charge in [-0.3, -0.25) is 4.79 Å². The van der Waals surface area contributed by atoms with Crippen molar-refractivity contribution in [1.82, 2.24) is 5.32 Å². The number of carbonyl (C=O) groups excluding carboxylic acids is 2. The summed E-state index contributed by atoms with van der Waals surface area (Å²) in [5.74, 6) is -1.10. The van der Waals surface area contributed by atoms with Gasteiger partial charge in [-0.1, -0.05) is 23.2 Å². The molecular weight excluding hydrogens is 339 g/mol. The summed E-state index contributed by atoms with van der Waals surface area (Å²) in [5.41, 5.74) is 4.30. The Labute approximate surface area is 139 Å². The number of esters is 1. The fourth-order valence-corrected chi connectivity index (χ4v) is 2.21. The number of benzene rings is 1. The molecule has 0 radical (unpaired) electrons. The monoisotopic (exact) mass is 354 g/mol. The number of hydrogen-bond acceptors (Lipinski definition) is 4. The molecule has 1 atom stereocenters. The van der Waals surface area contributed by atoms with E-state index in [1.54, 1.807) is 19.1 Å². The quantitative estimate of drug-likeness (QED) is 0.794. The van der Waals surface area contributed by atoms with Gasteiger partial charge in [-0.05, 0) is 37.6 Å². The van der Waals surface area contributed by atoms with Crippen LogP contribution in [0.5, 0.6) is 0 Å². The molecular formula is C13H17Cl3N2O3. The van der Waals surface area contributed by atoms with Gasteiger partial charge >= 0.3 is 5.97 Å². The van der Waals surface area contributed by atoms with Crippen LogP contribution in [0.25, 0.3) is 0 Å². The summed E-state index contributed by atoms with van der Waals surface area (Å²) in [5, 5.41) is 3.25. The van der Waals surface area contributed by atoms with Crippen molar-refractivity contribution in [2.75, 3.05) is 13.2 Å². The van der Waals surface area contributed by atoms with E-state index < -0.39 is 17.4 Å². The zero-order chi connectivity index (χ0) is 15.3. The molecule has 3 N–H and O–H groups in total. The minimum absolute atomic E-state index is 0. The molecule has 1 aromatic carbocycles. The van der Waals surface area contributed by atoms with Crippen LogP contribution in [0.4, 0.5) is 0 Å². The molecule has 1 unspecified atom stereocenters. The maximum Gasteiger partial charge on any atom is 0.336 e. The highest BCUT2D eigenvalue weighted by atomic mass is 35.5. The molecule has 21 heavy (non-hydrogen) atoms. The molecule has 0 spiro atoms. The molecule has 0 aliphatic rings. The number of nitrogens with one attached hydrogen (secondary N) is 1. The van der Waals surface area contributed by atoms with E-state index in [0.717, 1.165) is 0 Å². The van der Waals surface area contributed by atoms with E-state index in [2.05, 4.69) is 5.32 Å². The van der Waals surface area contributed by atoms with Gasteiger partial charge in [-0.25, -0.2) is 4.79 Å². The molecule has 0 fully saturated rings. The van der Waals surface area contributed by atoms with Crippen LogP contribution in [0.1, 0.15) is 19.4 Å². The van der Waals surface area contributed by atoms with Crippen LogP contribution in [0, 0.1) is 0 Å². The number of halogens is 3. The Morgan fingerprint density at radius 1 is 1.29 bits per heavy atom. The Morgan fingerprint density at radius 3 is 2.24 bits per heavy atom. The lowest BCUT2D eigenvalue weighted by molar-refractivity contribution is -0.153. The third kappa shape index (κ3) is 5.04. The molecule has 0 saturated heterocycles. The predicted molar refractivity (Wildman–Crippen MR) is 84.9 cm³/mol. The Balaban J connectivity index is 0.00000400. The van der Waals surface area contributed by atoms with Gasteiger partial charge in [0.15, 0.2) is 5.54 Å². The number of rotatable bonds is 5. The minimum Gasteiger partial charge on any atom is -0.464 e. The molecule has 1 aromatic rings. The molecule has 0 saturated carbocycles. The third-order valence-corrected chi connectivity index (χ3v) is 3.13. The Bertz CT molecular complexity index is 505. The van der Waals surface area contributed by atoms with Crippen LogP contribution >= 0.6 is 35.6 Å². The van der Waals surface area contributed by atoms with Crippen LogP contribution in [0.15, 0.2) is 18.2 Å². The number of nitrogens with two attached hydrogens (primary N) is 1. The smallest absolute Gasteiger partial charge is 0.336 e. The first-order valence-corrected chi connectivity index (χ1v) is 6.74. The Kier molecular flexibility index (Phi) is 8.03. The third-order valence-electron chi connectivity index (χ3n) is 2.70. The molecule has 118 valence electrons. The van der Waals surface area contributed by atoms with Crippen LogP contribution in [-0.2, 0) is 19.9 Å². The SMILES string of the molecule is CCOC(=O)C(C)(NC(=O)CN)c1cc(Cl)cc(Cl)c1.Cl. The van der Waals surface area contributed by atoms with Crippen molar-refractivity contribution in [3.05, 3.63) is 33.8 Å². The Hall–Kier alpha value is -1.01. The van der Waals surface area contributed by atoms with Crippen LogP contribution < -0.4 is 11.1 Å². The summed E-state index contributed by atoms with van der Waals surface area (Å²) in [7, 11) is 0. The van der Waals surface area contributed by atoms with Crippen LogP contribution in [-0.4, -0.2) is 25.0 Å². The number of hydrogen-bond donors (Lipinski definition) is 2. The van der Waals surface area contributed by atoms with Crippen LogP contribution in [0.3, 0.4) is 0 Å². The molecule has 1 rings (SSSR count). The molecule has 0 aliphatic heterocycles. The summed E-state index contributed by atoms with van der Waals surface area (Å²) in [6, 6.07) is 4.62. The largest absolute Gasteiger partial charge is 0.464 e. The minimum atomic E-state index is -1.40. The fraction of sp³-hybridized carbons (Fsp3) is 0.385. The first kappa shape index (κ1) is 20.0. The Morgan fingerprint density at radius 2 is 1.81 bits per heavy atom. The second-order valence-corrected chi connectivity index (χ2v) is 5.13. The molecule has 0 bridgehead atoms. The van der Waals surface area contributed by atoms with Crippen molar-refractivity contribution < 1.29 is 14.3 Å². The summed E-state index contributed by atoms with van der Waals surface area (Å²) in [4.78, 5) is 23.7. The molecule has 0 aromatic heterocycles. The van der Waals surface area contributed by atoms with E-state index in [4.69, 9.17) is 33.7 Å². The molecule has 1 amide bonds. The van der Waals surface area contributed by atoms with Crippen molar-refractivity contribution in [2.24, 2.45) is 5.73 Å². The summed E-state index contributed by atoms with van der Waals surface area (Å²) < 4.78 is 5.01. The summed E-state index contributed by atoms with van der Waals surface area (Å²) >= 11 is 11.9. The molecule has 8 heteroatoms. The molecule has 5 nitrogen and oxygen atoms in total. The predicted octanol–water partition coefficient (Wildman–Crippen LogP) is 2.27. The number of ether oxygens (including phenoxy) is 1. The average molecular weight is 356 g/mol. The maximum atomic E-state index is 12.2. The average Bonchev–Trinajstić information content (AvgIpc) is 2.37. The summed E-state index contributed by atoms with van der Waals surface area (Å²) in [6.45, 7) is 3.12. The lowest BCUT2D eigenvalue weighted by Crippen LogP contribution is -2.52. The van der Waals surface area contributed by atoms with Gasteiger partial charge in [0, 0.05) is 10.0 Å². The van der Waals surface area contributed by atoms with Gasteiger partial charge in [0.1, 0.15) is 0 Å².